The first kappa shape index (κ1) is 13.8. The van der Waals surface area contributed by atoms with Gasteiger partial charge >= 0.3 is 0 Å². The molecule has 3 nitrogen and oxygen atoms in total. The predicted molar refractivity (Wildman–Crippen MR) is 79.9 cm³/mol. The molecule has 4 heteroatoms. The van der Waals surface area contributed by atoms with Crippen molar-refractivity contribution in [2.24, 2.45) is 0 Å². The molecule has 0 aromatic carbocycles. The highest BCUT2D eigenvalue weighted by molar-refractivity contribution is 7.15. The number of hydrogen-bond acceptors (Lipinski definition) is 4. The van der Waals surface area contributed by atoms with Crippen LogP contribution in [-0.4, -0.2) is 31.2 Å². The summed E-state index contributed by atoms with van der Waals surface area (Å²) >= 11 is 1.87. The molecule has 1 atom stereocenters. The van der Waals surface area contributed by atoms with Crippen LogP contribution in [0.1, 0.15) is 50.1 Å². The van der Waals surface area contributed by atoms with Gasteiger partial charge in [0.1, 0.15) is 0 Å². The number of nitrogens with zero attached hydrogens (tertiary/aromatic N) is 2. The first-order valence-electron chi connectivity index (χ1n) is 6.79. The quantitative estimate of drug-likeness (QED) is 0.912. The molecule has 0 saturated carbocycles. The Morgan fingerprint density at radius 1 is 1.39 bits per heavy atom. The largest absolute Gasteiger partial charge is 0.354 e. The molecule has 1 aliphatic rings. The smallest absolute Gasteiger partial charge is 0.185 e. The van der Waals surface area contributed by atoms with Crippen molar-refractivity contribution < 1.29 is 0 Å². The summed E-state index contributed by atoms with van der Waals surface area (Å²) in [6.07, 6.45) is 3.79. The molecule has 0 spiro atoms. The fourth-order valence-corrected chi connectivity index (χ4v) is 3.42. The van der Waals surface area contributed by atoms with E-state index < -0.39 is 0 Å². The zero-order valence-corrected chi connectivity index (χ0v) is 13.0. The molecule has 1 unspecified atom stereocenters. The second kappa shape index (κ2) is 5.17. The summed E-state index contributed by atoms with van der Waals surface area (Å²) in [5, 5.41) is 4.78. The molecule has 0 radical (unpaired) electrons. The number of hydrogen-bond donors (Lipinski definition) is 1. The van der Waals surface area contributed by atoms with E-state index in [-0.39, 0.29) is 5.54 Å². The molecule has 1 aliphatic carbocycles. The predicted octanol–water partition coefficient (Wildman–Crippen LogP) is 3.02. The Bertz CT molecular complexity index is 404. The van der Waals surface area contributed by atoms with Gasteiger partial charge in [0.25, 0.3) is 0 Å². The van der Waals surface area contributed by atoms with E-state index in [1.54, 1.807) is 0 Å². The Hall–Kier alpha value is -0.610. The molecule has 0 amide bonds. The third kappa shape index (κ3) is 3.23. The van der Waals surface area contributed by atoms with Crippen LogP contribution in [0.3, 0.4) is 0 Å². The lowest BCUT2D eigenvalue weighted by atomic mass is 9.90. The van der Waals surface area contributed by atoms with Crippen LogP contribution in [0.2, 0.25) is 0 Å². The van der Waals surface area contributed by atoms with Crippen molar-refractivity contribution in [1.29, 1.82) is 0 Å². The van der Waals surface area contributed by atoms with E-state index in [0.29, 0.717) is 5.92 Å². The molecule has 0 fully saturated rings. The summed E-state index contributed by atoms with van der Waals surface area (Å²) in [6, 6.07) is 0. The third-order valence-electron chi connectivity index (χ3n) is 3.32. The fourth-order valence-electron chi connectivity index (χ4n) is 2.31. The maximum atomic E-state index is 4.84. The maximum Gasteiger partial charge on any atom is 0.185 e. The molecule has 0 saturated heterocycles. The third-order valence-corrected chi connectivity index (χ3v) is 4.62. The molecular formula is C14H25N3S. The average Bonchev–Trinajstić information content (AvgIpc) is 2.69. The van der Waals surface area contributed by atoms with E-state index in [1.165, 1.54) is 29.8 Å². The van der Waals surface area contributed by atoms with Crippen LogP contribution in [0.25, 0.3) is 0 Å². The number of rotatable bonds is 3. The SMILES string of the molecule is CN(C)c1nc2c(s1)CCCC2CNC(C)(C)C. The highest BCUT2D eigenvalue weighted by Crippen LogP contribution is 2.37. The molecule has 1 aromatic rings. The lowest BCUT2D eigenvalue weighted by Crippen LogP contribution is -2.39. The number of fused-ring (bicyclic) bond motifs is 1. The van der Waals surface area contributed by atoms with E-state index in [0.717, 1.165) is 11.7 Å². The number of thiazole rings is 1. The maximum absolute atomic E-state index is 4.84. The lowest BCUT2D eigenvalue weighted by molar-refractivity contribution is 0.388. The average molecular weight is 267 g/mol. The van der Waals surface area contributed by atoms with Gasteiger partial charge < -0.3 is 10.2 Å². The van der Waals surface area contributed by atoms with Crippen LogP contribution >= 0.6 is 11.3 Å². The highest BCUT2D eigenvalue weighted by Gasteiger charge is 2.26. The number of aromatic nitrogens is 1. The van der Waals surface area contributed by atoms with Crippen molar-refractivity contribution in [1.82, 2.24) is 10.3 Å². The van der Waals surface area contributed by atoms with Crippen molar-refractivity contribution in [3.63, 3.8) is 0 Å². The fraction of sp³-hybridized carbons (Fsp3) is 0.786. The van der Waals surface area contributed by atoms with Crippen molar-refractivity contribution in [3.05, 3.63) is 10.6 Å². The second-order valence-corrected chi connectivity index (χ2v) is 7.48. The van der Waals surface area contributed by atoms with Crippen molar-refractivity contribution >= 4 is 16.5 Å². The van der Waals surface area contributed by atoms with Crippen LogP contribution in [0.5, 0.6) is 0 Å². The van der Waals surface area contributed by atoms with E-state index >= 15 is 0 Å². The molecule has 102 valence electrons. The van der Waals surface area contributed by atoms with Gasteiger partial charge in [0.05, 0.1) is 5.69 Å². The van der Waals surface area contributed by atoms with Crippen LogP contribution in [0.15, 0.2) is 0 Å². The first-order chi connectivity index (χ1) is 8.37. The van der Waals surface area contributed by atoms with Crippen molar-refractivity contribution in [2.45, 2.75) is 51.5 Å². The van der Waals surface area contributed by atoms with E-state index in [9.17, 15) is 0 Å². The Morgan fingerprint density at radius 3 is 2.72 bits per heavy atom. The minimum absolute atomic E-state index is 0.192. The Kier molecular flexibility index (Phi) is 3.97. The lowest BCUT2D eigenvalue weighted by Gasteiger charge is -2.27. The monoisotopic (exact) mass is 267 g/mol. The molecule has 1 heterocycles. The van der Waals surface area contributed by atoms with Gasteiger partial charge in [-0.15, -0.1) is 11.3 Å². The zero-order valence-electron chi connectivity index (χ0n) is 12.2. The minimum atomic E-state index is 0.192. The van der Waals surface area contributed by atoms with Gasteiger partial charge in [-0.05, 0) is 40.0 Å². The Morgan fingerprint density at radius 2 is 2.11 bits per heavy atom. The van der Waals surface area contributed by atoms with Crippen molar-refractivity contribution in [2.75, 3.05) is 25.5 Å². The summed E-state index contributed by atoms with van der Waals surface area (Å²) in [4.78, 5) is 8.46. The number of aryl methyl sites for hydroxylation is 1. The van der Waals surface area contributed by atoms with E-state index in [4.69, 9.17) is 4.98 Å². The van der Waals surface area contributed by atoms with Crippen LogP contribution in [0.4, 0.5) is 5.13 Å². The van der Waals surface area contributed by atoms with Crippen LogP contribution in [0, 0.1) is 0 Å². The molecule has 0 aliphatic heterocycles. The van der Waals surface area contributed by atoms with Gasteiger partial charge in [-0.2, -0.15) is 0 Å². The first-order valence-corrected chi connectivity index (χ1v) is 7.60. The van der Waals surface area contributed by atoms with Gasteiger partial charge in [-0.3, -0.25) is 0 Å². The van der Waals surface area contributed by atoms with Crippen LogP contribution < -0.4 is 10.2 Å². The van der Waals surface area contributed by atoms with Crippen molar-refractivity contribution in [3.8, 4) is 0 Å². The summed E-state index contributed by atoms with van der Waals surface area (Å²) in [5.74, 6) is 0.595. The summed E-state index contributed by atoms with van der Waals surface area (Å²) in [6.45, 7) is 7.72. The van der Waals surface area contributed by atoms with Gasteiger partial charge in [0, 0.05) is 37.0 Å². The summed E-state index contributed by atoms with van der Waals surface area (Å²) < 4.78 is 0. The van der Waals surface area contributed by atoms with Gasteiger partial charge in [0.2, 0.25) is 0 Å². The molecule has 1 N–H and O–H groups in total. The normalized spacial score (nSPS) is 19.7. The molecule has 0 bridgehead atoms. The molecule has 2 rings (SSSR count). The topological polar surface area (TPSA) is 28.2 Å². The molecular weight excluding hydrogens is 242 g/mol. The molecule has 1 aromatic heterocycles. The Labute approximate surface area is 115 Å². The molecule has 18 heavy (non-hydrogen) atoms. The van der Waals surface area contributed by atoms with E-state index in [2.05, 4.69) is 45.1 Å². The summed E-state index contributed by atoms with van der Waals surface area (Å²) in [5.41, 5.74) is 1.55. The summed E-state index contributed by atoms with van der Waals surface area (Å²) in [7, 11) is 4.15. The minimum Gasteiger partial charge on any atom is -0.354 e. The number of anilines is 1. The zero-order chi connectivity index (χ0) is 13.3. The second-order valence-electron chi connectivity index (χ2n) is 6.42. The van der Waals surface area contributed by atoms with Gasteiger partial charge in [0.15, 0.2) is 5.13 Å². The van der Waals surface area contributed by atoms with Crippen LogP contribution in [-0.2, 0) is 6.42 Å². The van der Waals surface area contributed by atoms with Gasteiger partial charge in [-0.25, -0.2) is 4.98 Å². The van der Waals surface area contributed by atoms with E-state index in [1.807, 2.05) is 11.3 Å². The van der Waals surface area contributed by atoms with Gasteiger partial charge in [-0.1, -0.05) is 0 Å². The highest BCUT2D eigenvalue weighted by atomic mass is 32.1. The Balaban J connectivity index is 2.12. The number of nitrogens with one attached hydrogen (secondary N) is 1. The standard InChI is InChI=1S/C14H25N3S/c1-14(2,3)15-9-10-7-6-8-11-12(10)16-13(18-11)17(4)5/h10,15H,6-9H2,1-5H3.